The molecule has 0 fully saturated rings. The van der Waals surface area contributed by atoms with Crippen molar-refractivity contribution in [3.8, 4) is 0 Å². The lowest BCUT2D eigenvalue weighted by Crippen LogP contribution is -2.46. The number of rotatable bonds is 5. The third-order valence-corrected chi connectivity index (χ3v) is 4.63. The van der Waals surface area contributed by atoms with Crippen molar-refractivity contribution in [3.63, 3.8) is 0 Å². The number of hydrogen-bond donors (Lipinski definition) is 1. The molecule has 2 aromatic rings. The molecular weight excluding hydrogens is 395 g/mol. The minimum absolute atomic E-state index is 0.0430. The number of ether oxygens (including phenoxy) is 1. The molecule has 0 saturated carbocycles. The number of nitrogens with two attached hydrogens (primary N) is 1. The van der Waals surface area contributed by atoms with Crippen LogP contribution in [0.25, 0.3) is 0 Å². The van der Waals surface area contributed by atoms with Crippen molar-refractivity contribution in [2.75, 3.05) is 12.4 Å². The van der Waals surface area contributed by atoms with Crippen molar-refractivity contribution in [2.24, 2.45) is 4.99 Å². The summed E-state index contributed by atoms with van der Waals surface area (Å²) >= 11 is 0. The van der Waals surface area contributed by atoms with Gasteiger partial charge in [0.15, 0.2) is 17.8 Å². The summed E-state index contributed by atoms with van der Waals surface area (Å²) in [5.74, 6) is -2.11. The van der Waals surface area contributed by atoms with E-state index in [9.17, 15) is 26.7 Å². The molecular formula is C20H17F5N2O2. The Morgan fingerprint density at radius 1 is 1.21 bits per heavy atom. The smallest absolute Gasteiger partial charge is 0.425 e. The predicted octanol–water partition coefficient (Wildman–Crippen LogP) is 4.60. The molecule has 0 radical (unpaired) electrons. The molecule has 0 saturated heterocycles. The Morgan fingerprint density at radius 3 is 2.52 bits per heavy atom. The quantitative estimate of drug-likeness (QED) is 0.444. The fourth-order valence-corrected chi connectivity index (χ4v) is 3.18. The van der Waals surface area contributed by atoms with Crippen LogP contribution in [0.1, 0.15) is 28.8 Å². The number of benzene rings is 2. The molecule has 2 aromatic carbocycles. The van der Waals surface area contributed by atoms with E-state index in [-0.39, 0.29) is 11.3 Å². The van der Waals surface area contributed by atoms with E-state index >= 15 is 0 Å². The van der Waals surface area contributed by atoms with Crippen molar-refractivity contribution in [3.05, 3.63) is 65.5 Å². The predicted molar refractivity (Wildman–Crippen MR) is 96.8 cm³/mol. The first kappa shape index (κ1) is 20.8. The molecule has 0 aliphatic carbocycles. The average Bonchev–Trinajstić information content (AvgIpc) is 2.69. The van der Waals surface area contributed by atoms with Crippen LogP contribution in [0, 0.1) is 5.82 Å². The van der Waals surface area contributed by atoms with Gasteiger partial charge in [-0.05, 0) is 18.2 Å². The molecule has 9 heteroatoms. The van der Waals surface area contributed by atoms with Crippen LogP contribution in [-0.2, 0) is 10.3 Å². The van der Waals surface area contributed by atoms with E-state index in [0.717, 1.165) is 12.1 Å². The van der Waals surface area contributed by atoms with Gasteiger partial charge in [-0.1, -0.05) is 30.3 Å². The highest BCUT2D eigenvalue weighted by atomic mass is 19.4. The van der Waals surface area contributed by atoms with E-state index in [1.54, 1.807) is 18.2 Å². The lowest BCUT2D eigenvalue weighted by atomic mass is 9.84. The van der Waals surface area contributed by atoms with Gasteiger partial charge < -0.3 is 10.5 Å². The molecule has 0 amide bonds. The number of carbonyl (C=O) groups is 1. The maximum absolute atomic E-state index is 14.4. The summed E-state index contributed by atoms with van der Waals surface area (Å²) in [6.07, 6.45) is -8.91. The lowest BCUT2D eigenvalue weighted by molar-refractivity contribution is -0.209. The van der Waals surface area contributed by atoms with Crippen molar-refractivity contribution >= 4 is 17.4 Å². The fraction of sp³-hybridized carbons (Fsp3) is 0.300. The maximum Gasteiger partial charge on any atom is 0.425 e. The first-order chi connectivity index (χ1) is 13.6. The van der Waals surface area contributed by atoms with Crippen LogP contribution in [0.3, 0.4) is 0 Å². The number of ketones is 1. The summed E-state index contributed by atoms with van der Waals surface area (Å²) in [6, 6.07) is 11.0. The summed E-state index contributed by atoms with van der Waals surface area (Å²) in [6.45, 7) is -1.42. The Morgan fingerprint density at radius 2 is 1.90 bits per heavy atom. The third-order valence-electron chi connectivity index (χ3n) is 4.63. The van der Waals surface area contributed by atoms with Gasteiger partial charge in [0.2, 0.25) is 0 Å². The molecule has 3 rings (SSSR count). The van der Waals surface area contributed by atoms with Crippen molar-refractivity contribution < 1.29 is 31.5 Å². The zero-order valence-electron chi connectivity index (χ0n) is 15.0. The monoisotopic (exact) mass is 412 g/mol. The Kier molecular flexibility index (Phi) is 5.59. The summed E-state index contributed by atoms with van der Waals surface area (Å²) in [5, 5.41) is 0. The zero-order chi connectivity index (χ0) is 21.2. The molecule has 0 aromatic heterocycles. The Balaban J connectivity index is 2.05. The van der Waals surface area contributed by atoms with Gasteiger partial charge in [-0.15, -0.1) is 0 Å². The first-order valence-corrected chi connectivity index (χ1v) is 8.66. The Hall–Kier alpha value is -2.97. The highest BCUT2D eigenvalue weighted by molar-refractivity contribution is 6.07. The van der Waals surface area contributed by atoms with Crippen LogP contribution in [0.2, 0.25) is 0 Å². The number of hydrogen-bond acceptors (Lipinski definition) is 4. The van der Waals surface area contributed by atoms with Crippen LogP contribution in [-0.4, -0.2) is 30.6 Å². The minimum atomic E-state index is -4.87. The van der Waals surface area contributed by atoms with Crippen LogP contribution >= 0.6 is 0 Å². The number of nitrogen functional groups attached to an aromatic ring is 1. The van der Waals surface area contributed by atoms with E-state index in [1.807, 2.05) is 0 Å². The second-order valence-electron chi connectivity index (χ2n) is 6.73. The number of carbonyl (C=O) groups excluding carboxylic acids is 1. The molecule has 29 heavy (non-hydrogen) atoms. The van der Waals surface area contributed by atoms with Gasteiger partial charge >= 0.3 is 6.18 Å². The number of Topliss-reactive ketones (excluding diaryl/α,β-unsaturated/α-hetero) is 1. The molecule has 1 aliphatic heterocycles. The van der Waals surface area contributed by atoms with E-state index in [1.165, 1.54) is 18.2 Å². The summed E-state index contributed by atoms with van der Waals surface area (Å²) < 4.78 is 73.7. The molecule has 2 N–H and O–H groups in total. The molecule has 0 bridgehead atoms. The Bertz CT molecular complexity index is 930. The van der Waals surface area contributed by atoms with Crippen molar-refractivity contribution in [2.45, 2.75) is 30.7 Å². The zero-order valence-corrected chi connectivity index (χ0v) is 15.0. The molecule has 0 unspecified atom stereocenters. The van der Waals surface area contributed by atoms with Crippen LogP contribution in [0.4, 0.5) is 27.6 Å². The highest BCUT2D eigenvalue weighted by Gasteiger charge is 2.52. The van der Waals surface area contributed by atoms with Crippen LogP contribution in [0.5, 0.6) is 0 Å². The first-order valence-electron chi connectivity index (χ1n) is 8.66. The van der Waals surface area contributed by atoms with Gasteiger partial charge in [0.1, 0.15) is 18.0 Å². The van der Waals surface area contributed by atoms with E-state index < -0.39 is 60.4 Å². The SMILES string of the molecule is Nc1ccc(F)c([C@]2(CF)C[C@@H](C(F)(F)F)OC(CC(=O)c3ccccc3)=N2)c1. The summed E-state index contributed by atoms with van der Waals surface area (Å²) in [7, 11) is 0. The maximum atomic E-state index is 14.4. The second-order valence-corrected chi connectivity index (χ2v) is 6.73. The molecule has 154 valence electrons. The van der Waals surface area contributed by atoms with Gasteiger partial charge in [-0.2, -0.15) is 13.2 Å². The molecule has 2 atom stereocenters. The van der Waals surface area contributed by atoms with Gasteiger partial charge in [0.05, 0.1) is 6.42 Å². The number of anilines is 1. The minimum Gasteiger partial charge on any atom is -0.468 e. The highest BCUT2D eigenvalue weighted by Crippen LogP contribution is 2.42. The van der Waals surface area contributed by atoms with E-state index in [2.05, 4.69) is 4.99 Å². The normalized spacial score (nSPS) is 22.0. The standard InChI is InChI=1S/C20H17F5N2O2/c21-11-19(14-8-13(26)6-7-15(14)22)10-17(20(23,24)25)29-18(27-19)9-16(28)12-4-2-1-3-5-12/h1-8,17H,9-11,26H2/t17-,19+/m0/s1. The van der Waals surface area contributed by atoms with Gasteiger partial charge in [0.25, 0.3) is 0 Å². The second kappa shape index (κ2) is 7.81. The number of alkyl halides is 4. The molecule has 1 heterocycles. The van der Waals surface area contributed by atoms with E-state index in [0.29, 0.717) is 0 Å². The van der Waals surface area contributed by atoms with Crippen LogP contribution < -0.4 is 5.73 Å². The molecule has 0 spiro atoms. The Labute approximate surface area is 163 Å². The number of nitrogens with zero attached hydrogens (tertiary/aromatic N) is 1. The fourth-order valence-electron chi connectivity index (χ4n) is 3.18. The third kappa shape index (κ3) is 4.38. The largest absolute Gasteiger partial charge is 0.468 e. The van der Waals surface area contributed by atoms with Gasteiger partial charge in [-0.3, -0.25) is 4.79 Å². The van der Waals surface area contributed by atoms with Crippen molar-refractivity contribution in [1.29, 1.82) is 0 Å². The van der Waals surface area contributed by atoms with E-state index in [4.69, 9.17) is 10.5 Å². The van der Waals surface area contributed by atoms with Crippen molar-refractivity contribution in [1.82, 2.24) is 0 Å². The number of halogens is 5. The summed E-state index contributed by atoms with van der Waals surface area (Å²) in [5.41, 5.74) is 3.27. The topological polar surface area (TPSA) is 64.7 Å². The lowest BCUT2D eigenvalue weighted by Gasteiger charge is -2.37. The molecule has 1 aliphatic rings. The van der Waals surface area contributed by atoms with Crippen LogP contribution in [0.15, 0.2) is 53.5 Å². The summed E-state index contributed by atoms with van der Waals surface area (Å²) in [4.78, 5) is 16.3. The van der Waals surface area contributed by atoms with Gasteiger partial charge in [-0.25, -0.2) is 13.8 Å². The van der Waals surface area contributed by atoms with Gasteiger partial charge in [0, 0.05) is 23.2 Å². The molecule has 4 nitrogen and oxygen atoms in total. The number of aliphatic imine (C=N–C) groups is 1. The average molecular weight is 412 g/mol.